The Morgan fingerprint density at radius 3 is 2.70 bits per heavy atom. The highest BCUT2D eigenvalue weighted by molar-refractivity contribution is 5.83. The molecule has 0 N–H and O–H groups in total. The molecule has 2 aliphatic heterocycles. The van der Waals surface area contributed by atoms with Crippen LogP contribution in [-0.2, 0) is 9.53 Å². The summed E-state index contributed by atoms with van der Waals surface area (Å²) in [6.07, 6.45) is 4.05. The molecule has 7 nitrogen and oxygen atoms in total. The van der Waals surface area contributed by atoms with Crippen molar-refractivity contribution < 1.29 is 14.3 Å². The van der Waals surface area contributed by atoms with Crippen LogP contribution >= 0.6 is 0 Å². The lowest BCUT2D eigenvalue weighted by Gasteiger charge is -2.37. The van der Waals surface area contributed by atoms with E-state index in [2.05, 4.69) is 4.90 Å². The Morgan fingerprint density at radius 1 is 1.17 bits per heavy atom. The number of hydrogen-bond donors (Lipinski definition) is 0. The van der Waals surface area contributed by atoms with Crippen LogP contribution in [0.25, 0.3) is 10.9 Å². The topological polar surface area (TPSA) is 67.8 Å². The minimum absolute atomic E-state index is 0.0118. The summed E-state index contributed by atoms with van der Waals surface area (Å²) in [5, 5.41) is 1.01. The number of likely N-dealkylation sites (tertiary alicyclic amines) is 1. The number of ether oxygens (including phenoxy) is 2. The lowest BCUT2D eigenvalue weighted by atomic mass is 9.95. The second kappa shape index (κ2) is 9.16. The zero-order valence-corrected chi connectivity index (χ0v) is 18.3. The standard InChI is InChI=1S/C23H32N4O3/c1-4-30-19-7-8-21-20(14-19)16(2)24-23(25-21)27-11-5-6-17(15-27)22(28)26-12-9-18(29-3)10-13-26/h7-8,14,17-18H,4-6,9-13,15H2,1-3H3/t17-/m1/s1. The molecule has 0 aliphatic carbocycles. The molecule has 3 heterocycles. The molecular weight excluding hydrogens is 380 g/mol. The van der Waals surface area contributed by atoms with E-state index in [1.165, 1.54) is 0 Å². The molecule has 1 amide bonds. The fourth-order valence-corrected chi connectivity index (χ4v) is 4.57. The normalized spacial score (nSPS) is 20.6. The van der Waals surface area contributed by atoms with Gasteiger partial charge in [0.05, 0.1) is 29.8 Å². The quantitative estimate of drug-likeness (QED) is 0.751. The van der Waals surface area contributed by atoms with E-state index >= 15 is 0 Å². The van der Waals surface area contributed by atoms with E-state index in [-0.39, 0.29) is 17.9 Å². The van der Waals surface area contributed by atoms with Gasteiger partial charge in [-0.05, 0) is 57.7 Å². The van der Waals surface area contributed by atoms with Crippen molar-refractivity contribution >= 4 is 22.8 Å². The van der Waals surface area contributed by atoms with Gasteiger partial charge in [-0.2, -0.15) is 0 Å². The molecule has 0 unspecified atom stereocenters. The number of benzene rings is 1. The van der Waals surface area contributed by atoms with E-state index in [1.807, 2.05) is 36.9 Å². The molecule has 0 saturated carbocycles. The summed E-state index contributed by atoms with van der Waals surface area (Å²) in [6.45, 7) is 7.78. The van der Waals surface area contributed by atoms with Gasteiger partial charge >= 0.3 is 0 Å². The van der Waals surface area contributed by atoms with Crippen LogP contribution < -0.4 is 9.64 Å². The first kappa shape index (κ1) is 20.8. The number of carbonyl (C=O) groups is 1. The SMILES string of the molecule is CCOc1ccc2nc(N3CCC[C@@H](C(=O)N4CCC(OC)CC4)C3)nc(C)c2c1. The van der Waals surface area contributed by atoms with Crippen molar-refractivity contribution in [2.75, 3.05) is 44.8 Å². The van der Waals surface area contributed by atoms with Crippen molar-refractivity contribution in [3.05, 3.63) is 23.9 Å². The van der Waals surface area contributed by atoms with E-state index in [9.17, 15) is 4.79 Å². The Hall–Kier alpha value is -2.41. The number of nitrogens with zero attached hydrogens (tertiary/aromatic N) is 4. The van der Waals surface area contributed by atoms with Crippen LogP contribution in [0.4, 0.5) is 5.95 Å². The molecule has 0 bridgehead atoms. The van der Waals surface area contributed by atoms with E-state index < -0.39 is 0 Å². The molecule has 30 heavy (non-hydrogen) atoms. The lowest BCUT2D eigenvalue weighted by Crippen LogP contribution is -2.48. The van der Waals surface area contributed by atoms with E-state index in [0.29, 0.717) is 13.2 Å². The fourth-order valence-electron chi connectivity index (χ4n) is 4.57. The van der Waals surface area contributed by atoms with E-state index in [0.717, 1.165) is 73.6 Å². The predicted molar refractivity (Wildman–Crippen MR) is 117 cm³/mol. The van der Waals surface area contributed by atoms with Crippen molar-refractivity contribution in [1.29, 1.82) is 0 Å². The van der Waals surface area contributed by atoms with Crippen LogP contribution in [0.2, 0.25) is 0 Å². The second-order valence-corrected chi connectivity index (χ2v) is 8.27. The number of methoxy groups -OCH3 is 1. The molecule has 2 aliphatic rings. The zero-order chi connectivity index (χ0) is 21.1. The summed E-state index contributed by atoms with van der Waals surface area (Å²) in [5.74, 6) is 1.84. The molecule has 2 fully saturated rings. The number of aryl methyl sites for hydroxylation is 1. The maximum absolute atomic E-state index is 13.1. The molecule has 0 radical (unpaired) electrons. The van der Waals surface area contributed by atoms with Crippen molar-refractivity contribution in [1.82, 2.24) is 14.9 Å². The molecule has 1 aromatic heterocycles. The first-order valence-electron chi connectivity index (χ1n) is 11.1. The molecule has 1 atom stereocenters. The molecule has 2 saturated heterocycles. The number of aromatic nitrogens is 2. The van der Waals surface area contributed by atoms with Gasteiger partial charge in [-0.25, -0.2) is 9.97 Å². The van der Waals surface area contributed by atoms with Gasteiger partial charge < -0.3 is 19.3 Å². The molecule has 1 aromatic carbocycles. The van der Waals surface area contributed by atoms with Crippen LogP contribution in [0.5, 0.6) is 5.75 Å². The summed E-state index contributed by atoms with van der Waals surface area (Å²) in [5.41, 5.74) is 1.85. The number of carbonyl (C=O) groups excluding carboxylic acids is 1. The summed E-state index contributed by atoms with van der Waals surface area (Å²) in [4.78, 5) is 26.9. The average molecular weight is 413 g/mol. The Labute approximate surface area is 178 Å². The fraction of sp³-hybridized carbons (Fsp3) is 0.609. The second-order valence-electron chi connectivity index (χ2n) is 8.27. The minimum atomic E-state index is 0.0118. The third-order valence-electron chi connectivity index (χ3n) is 6.30. The van der Waals surface area contributed by atoms with Crippen molar-refractivity contribution in [3.63, 3.8) is 0 Å². The third kappa shape index (κ3) is 4.36. The van der Waals surface area contributed by atoms with Gasteiger partial charge in [-0.3, -0.25) is 4.79 Å². The van der Waals surface area contributed by atoms with Crippen LogP contribution in [0.15, 0.2) is 18.2 Å². The molecule has 4 rings (SSSR count). The van der Waals surface area contributed by atoms with E-state index in [4.69, 9.17) is 19.4 Å². The van der Waals surface area contributed by atoms with Crippen LogP contribution in [0.1, 0.15) is 38.3 Å². The first-order chi connectivity index (χ1) is 14.6. The minimum Gasteiger partial charge on any atom is -0.494 e. The smallest absolute Gasteiger partial charge is 0.227 e. The highest BCUT2D eigenvalue weighted by atomic mass is 16.5. The van der Waals surface area contributed by atoms with E-state index in [1.54, 1.807) is 7.11 Å². The molecule has 2 aromatic rings. The molecule has 162 valence electrons. The Balaban J connectivity index is 1.48. The average Bonchev–Trinajstić information content (AvgIpc) is 2.79. The number of fused-ring (bicyclic) bond motifs is 1. The summed E-state index contributed by atoms with van der Waals surface area (Å²) >= 11 is 0. The third-order valence-corrected chi connectivity index (χ3v) is 6.30. The maximum Gasteiger partial charge on any atom is 0.227 e. The first-order valence-corrected chi connectivity index (χ1v) is 11.1. The molecular formula is C23H32N4O3. The highest BCUT2D eigenvalue weighted by Gasteiger charge is 2.32. The zero-order valence-electron chi connectivity index (χ0n) is 18.3. The van der Waals surface area contributed by atoms with Crippen LogP contribution in [0.3, 0.4) is 0 Å². The monoisotopic (exact) mass is 412 g/mol. The largest absolute Gasteiger partial charge is 0.494 e. The summed E-state index contributed by atoms with van der Waals surface area (Å²) in [6, 6.07) is 5.95. The predicted octanol–water partition coefficient (Wildman–Crippen LogP) is 3.19. The van der Waals surface area contributed by atoms with Crippen molar-refractivity contribution in [2.45, 2.75) is 45.6 Å². The Morgan fingerprint density at radius 2 is 1.97 bits per heavy atom. The maximum atomic E-state index is 13.1. The van der Waals surface area contributed by atoms with Gasteiger partial charge in [0.2, 0.25) is 11.9 Å². The van der Waals surface area contributed by atoms with Crippen LogP contribution in [-0.4, -0.2) is 66.8 Å². The van der Waals surface area contributed by atoms with Gasteiger partial charge in [0.15, 0.2) is 0 Å². The lowest BCUT2D eigenvalue weighted by molar-refractivity contribution is -0.138. The van der Waals surface area contributed by atoms with Gasteiger partial charge in [0, 0.05) is 38.7 Å². The van der Waals surface area contributed by atoms with Gasteiger partial charge in [0.25, 0.3) is 0 Å². The Kier molecular flexibility index (Phi) is 6.37. The number of hydrogen-bond acceptors (Lipinski definition) is 6. The summed E-state index contributed by atoms with van der Waals surface area (Å²) < 4.78 is 11.0. The van der Waals surface area contributed by atoms with Crippen molar-refractivity contribution in [2.24, 2.45) is 5.92 Å². The van der Waals surface area contributed by atoms with Gasteiger partial charge in [-0.15, -0.1) is 0 Å². The number of rotatable bonds is 5. The van der Waals surface area contributed by atoms with Crippen LogP contribution in [0, 0.1) is 12.8 Å². The van der Waals surface area contributed by atoms with Gasteiger partial charge in [0.1, 0.15) is 5.75 Å². The molecule has 0 spiro atoms. The van der Waals surface area contributed by atoms with Crippen molar-refractivity contribution in [3.8, 4) is 5.75 Å². The van der Waals surface area contributed by atoms with Gasteiger partial charge in [-0.1, -0.05) is 0 Å². The number of amides is 1. The number of anilines is 1. The summed E-state index contributed by atoms with van der Waals surface area (Å²) in [7, 11) is 1.75. The number of piperidine rings is 2. The molecule has 7 heteroatoms. The Bertz CT molecular complexity index is 895. The highest BCUT2D eigenvalue weighted by Crippen LogP contribution is 2.27.